The van der Waals surface area contributed by atoms with Crippen molar-refractivity contribution in [3.05, 3.63) is 65.0 Å². The topological polar surface area (TPSA) is 79.2 Å². The maximum atomic E-state index is 13.9. The van der Waals surface area contributed by atoms with Crippen molar-refractivity contribution in [2.45, 2.75) is 31.6 Å². The molecule has 2 aromatic rings. The van der Waals surface area contributed by atoms with Gasteiger partial charge in [0, 0.05) is 6.04 Å². The molecular formula is C20H21FN2O3S. The molecule has 1 fully saturated rings. The van der Waals surface area contributed by atoms with Gasteiger partial charge in [0.25, 0.3) is 0 Å². The van der Waals surface area contributed by atoms with E-state index in [9.17, 15) is 12.8 Å². The molecule has 1 aliphatic carbocycles. The first-order chi connectivity index (χ1) is 12.9. The minimum absolute atomic E-state index is 0.146. The lowest BCUT2D eigenvalue weighted by atomic mass is 10.1. The first-order valence-electron chi connectivity index (χ1n) is 8.77. The van der Waals surface area contributed by atoms with Crippen molar-refractivity contribution in [2.24, 2.45) is 5.92 Å². The van der Waals surface area contributed by atoms with Crippen LogP contribution in [0, 0.1) is 23.1 Å². The molecule has 7 heteroatoms. The van der Waals surface area contributed by atoms with Gasteiger partial charge in [-0.1, -0.05) is 18.2 Å². The molecule has 2 aromatic carbocycles. The SMILES string of the molecule is CC(NS(=O)(=O)Cc1cccc(C#N)c1)c1ccc(F)c(OCC2CC2)c1. The molecule has 0 aromatic heterocycles. The molecule has 1 atom stereocenters. The van der Waals surface area contributed by atoms with Crippen LogP contribution in [0.5, 0.6) is 5.75 Å². The number of benzene rings is 2. The average Bonchev–Trinajstić information content (AvgIpc) is 3.44. The highest BCUT2D eigenvalue weighted by atomic mass is 32.2. The van der Waals surface area contributed by atoms with Gasteiger partial charge >= 0.3 is 0 Å². The Balaban J connectivity index is 1.68. The molecule has 0 amide bonds. The maximum absolute atomic E-state index is 13.9. The molecule has 0 saturated heterocycles. The van der Waals surface area contributed by atoms with Crippen LogP contribution in [0.4, 0.5) is 4.39 Å². The summed E-state index contributed by atoms with van der Waals surface area (Å²) in [5.74, 6) is -0.0536. The number of halogens is 1. The largest absolute Gasteiger partial charge is 0.490 e. The number of ether oxygens (including phenoxy) is 1. The highest BCUT2D eigenvalue weighted by Gasteiger charge is 2.23. The minimum Gasteiger partial charge on any atom is -0.490 e. The zero-order valence-electron chi connectivity index (χ0n) is 15.0. The third-order valence-corrected chi connectivity index (χ3v) is 5.82. The molecule has 1 aliphatic rings. The summed E-state index contributed by atoms with van der Waals surface area (Å²) in [6, 6.07) is 12.3. The van der Waals surface area contributed by atoms with Crippen LogP contribution in [0.2, 0.25) is 0 Å². The summed E-state index contributed by atoms with van der Waals surface area (Å²) >= 11 is 0. The summed E-state index contributed by atoms with van der Waals surface area (Å²) in [7, 11) is -3.64. The molecule has 0 heterocycles. The second-order valence-electron chi connectivity index (χ2n) is 6.86. The highest BCUT2D eigenvalue weighted by Crippen LogP contribution is 2.31. The summed E-state index contributed by atoms with van der Waals surface area (Å²) in [4.78, 5) is 0. The van der Waals surface area contributed by atoms with Crippen molar-refractivity contribution < 1.29 is 17.5 Å². The quantitative estimate of drug-likeness (QED) is 0.748. The predicted octanol–water partition coefficient (Wildman–Crippen LogP) is 3.67. The van der Waals surface area contributed by atoms with Crippen LogP contribution in [0.15, 0.2) is 42.5 Å². The van der Waals surface area contributed by atoms with Crippen molar-refractivity contribution in [1.82, 2.24) is 4.72 Å². The Hall–Kier alpha value is -2.43. The van der Waals surface area contributed by atoms with E-state index in [1.165, 1.54) is 6.07 Å². The molecule has 0 radical (unpaired) electrons. The van der Waals surface area contributed by atoms with Crippen LogP contribution < -0.4 is 9.46 Å². The number of nitrogens with zero attached hydrogens (tertiary/aromatic N) is 1. The Morgan fingerprint density at radius 3 is 2.78 bits per heavy atom. The Bertz CT molecular complexity index is 965. The van der Waals surface area contributed by atoms with E-state index in [4.69, 9.17) is 10.00 Å². The maximum Gasteiger partial charge on any atom is 0.216 e. The van der Waals surface area contributed by atoms with Crippen LogP contribution in [-0.4, -0.2) is 15.0 Å². The zero-order chi connectivity index (χ0) is 19.4. The first kappa shape index (κ1) is 19.3. The van der Waals surface area contributed by atoms with Gasteiger partial charge in [-0.15, -0.1) is 0 Å². The molecule has 1 saturated carbocycles. The molecule has 1 N–H and O–H groups in total. The molecule has 0 spiro atoms. The van der Waals surface area contributed by atoms with E-state index >= 15 is 0 Å². The van der Waals surface area contributed by atoms with Crippen LogP contribution in [-0.2, 0) is 15.8 Å². The predicted molar refractivity (Wildman–Crippen MR) is 100.0 cm³/mol. The van der Waals surface area contributed by atoms with Gasteiger partial charge in [-0.3, -0.25) is 0 Å². The molecule has 0 bridgehead atoms. The fourth-order valence-corrected chi connectivity index (χ4v) is 4.10. The summed E-state index contributed by atoms with van der Waals surface area (Å²) in [5, 5.41) is 8.93. The summed E-state index contributed by atoms with van der Waals surface area (Å²) in [6.45, 7) is 2.18. The zero-order valence-corrected chi connectivity index (χ0v) is 15.8. The van der Waals surface area contributed by atoms with Crippen molar-refractivity contribution >= 4 is 10.0 Å². The van der Waals surface area contributed by atoms with E-state index in [0.29, 0.717) is 29.2 Å². The molecule has 0 aliphatic heterocycles. The molecule has 5 nitrogen and oxygen atoms in total. The summed E-state index contributed by atoms with van der Waals surface area (Å²) in [6.07, 6.45) is 2.20. The number of hydrogen-bond acceptors (Lipinski definition) is 4. The number of sulfonamides is 1. The Morgan fingerprint density at radius 1 is 1.30 bits per heavy atom. The number of hydrogen-bond donors (Lipinski definition) is 1. The number of nitriles is 1. The van der Waals surface area contributed by atoms with Gasteiger partial charge in [-0.25, -0.2) is 17.5 Å². The first-order valence-corrected chi connectivity index (χ1v) is 10.4. The summed E-state index contributed by atoms with van der Waals surface area (Å²) in [5.41, 5.74) is 1.56. The lowest BCUT2D eigenvalue weighted by molar-refractivity contribution is 0.285. The molecular weight excluding hydrogens is 367 g/mol. The lowest BCUT2D eigenvalue weighted by Crippen LogP contribution is -2.28. The normalized spacial score (nSPS) is 15.1. The van der Waals surface area contributed by atoms with E-state index in [1.54, 1.807) is 43.3 Å². The van der Waals surface area contributed by atoms with E-state index in [-0.39, 0.29) is 11.5 Å². The van der Waals surface area contributed by atoms with Gasteiger partial charge < -0.3 is 4.74 Å². The third-order valence-electron chi connectivity index (χ3n) is 4.40. The van der Waals surface area contributed by atoms with Crippen LogP contribution in [0.25, 0.3) is 0 Å². The minimum atomic E-state index is -3.64. The standard InChI is InChI=1S/C20H21FN2O3S/c1-14(18-7-8-19(21)20(10-18)26-12-15-5-6-15)23-27(24,25)13-17-4-2-3-16(9-17)11-22/h2-4,7-10,14-15,23H,5-6,12-13H2,1H3. The van der Waals surface area contributed by atoms with Gasteiger partial charge in [-0.05, 0) is 61.1 Å². The van der Waals surface area contributed by atoms with Gasteiger partial charge in [0.05, 0.1) is 24.0 Å². The Labute approximate surface area is 158 Å². The molecule has 1 unspecified atom stereocenters. The van der Waals surface area contributed by atoms with E-state index in [0.717, 1.165) is 12.8 Å². The second-order valence-corrected chi connectivity index (χ2v) is 8.61. The van der Waals surface area contributed by atoms with Crippen LogP contribution in [0.3, 0.4) is 0 Å². The van der Waals surface area contributed by atoms with Crippen LogP contribution >= 0.6 is 0 Å². The van der Waals surface area contributed by atoms with Gasteiger partial charge in [0.2, 0.25) is 10.0 Å². The van der Waals surface area contributed by atoms with Crippen molar-refractivity contribution in [3.63, 3.8) is 0 Å². The lowest BCUT2D eigenvalue weighted by Gasteiger charge is -2.16. The smallest absolute Gasteiger partial charge is 0.216 e. The number of rotatable bonds is 8. The van der Waals surface area contributed by atoms with Crippen LogP contribution in [0.1, 0.15) is 42.5 Å². The van der Waals surface area contributed by atoms with Gasteiger partial charge in [-0.2, -0.15) is 5.26 Å². The summed E-state index contributed by atoms with van der Waals surface area (Å²) < 4.78 is 46.9. The number of nitrogens with one attached hydrogen (secondary N) is 1. The second kappa shape index (κ2) is 8.07. The highest BCUT2D eigenvalue weighted by molar-refractivity contribution is 7.88. The monoisotopic (exact) mass is 388 g/mol. The average molecular weight is 388 g/mol. The Kier molecular flexibility index (Phi) is 5.78. The van der Waals surface area contributed by atoms with Gasteiger partial charge in [0.15, 0.2) is 11.6 Å². The van der Waals surface area contributed by atoms with Crippen molar-refractivity contribution in [2.75, 3.05) is 6.61 Å². The Morgan fingerprint density at radius 2 is 2.07 bits per heavy atom. The molecule has 27 heavy (non-hydrogen) atoms. The van der Waals surface area contributed by atoms with E-state index < -0.39 is 21.9 Å². The fraction of sp³-hybridized carbons (Fsp3) is 0.350. The third kappa shape index (κ3) is 5.52. The van der Waals surface area contributed by atoms with Gasteiger partial charge in [0.1, 0.15) is 0 Å². The molecule has 142 valence electrons. The molecule has 3 rings (SSSR count). The fourth-order valence-electron chi connectivity index (χ4n) is 2.72. The van der Waals surface area contributed by atoms with E-state index in [1.807, 2.05) is 6.07 Å². The van der Waals surface area contributed by atoms with Crippen molar-refractivity contribution in [1.29, 1.82) is 5.26 Å². The van der Waals surface area contributed by atoms with E-state index in [2.05, 4.69) is 4.72 Å². The van der Waals surface area contributed by atoms with Crippen molar-refractivity contribution in [3.8, 4) is 11.8 Å².